The lowest BCUT2D eigenvalue weighted by Crippen LogP contribution is -2.30. The highest BCUT2D eigenvalue weighted by atomic mass is 15.1. The molecule has 2 rings (SSSR count). The van der Waals surface area contributed by atoms with Crippen LogP contribution in [0.4, 0.5) is 11.4 Å². The number of aryl methyl sites for hydroxylation is 1. The highest BCUT2D eigenvalue weighted by Crippen LogP contribution is 2.28. The maximum Gasteiger partial charge on any atom is 0.0393 e. The molecule has 1 N–H and O–H groups in total. The maximum absolute atomic E-state index is 3.49. The van der Waals surface area contributed by atoms with E-state index in [1.807, 2.05) is 0 Å². The number of benzene rings is 1. The van der Waals surface area contributed by atoms with Gasteiger partial charge in [0.25, 0.3) is 0 Å². The first-order valence-electron chi connectivity index (χ1n) is 6.35. The standard InChI is InChI=1S/C14H22N2/c1-4-16(11(2)3)13-8-7-12-6-5-9-15-14(12)10-13/h7-8,10-11,15H,4-6,9H2,1-3H3. The Kier molecular flexibility index (Phi) is 3.37. The molecule has 2 nitrogen and oxygen atoms in total. The summed E-state index contributed by atoms with van der Waals surface area (Å²) in [6.45, 7) is 8.89. The molecule has 0 saturated heterocycles. The van der Waals surface area contributed by atoms with Gasteiger partial charge in [-0.2, -0.15) is 0 Å². The smallest absolute Gasteiger partial charge is 0.0393 e. The van der Waals surface area contributed by atoms with Crippen molar-refractivity contribution in [2.45, 2.75) is 39.7 Å². The second kappa shape index (κ2) is 4.77. The predicted octanol–water partition coefficient (Wildman–Crippen LogP) is 3.28. The summed E-state index contributed by atoms with van der Waals surface area (Å²) in [6.07, 6.45) is 2.48. The number of fused-ring (bicyclic) bond motifs is 1. The van der Waals surface area contributed by atoms with E-state index in [1.165, 1.54) is 29.8 Å². The van der Waals surface area contributed by atoms with Crippen LogP contribution in [0.3, 0.4) is 0 Å². The zero-order valence-electron chi connectivity index (χ0n) is 10.6. The lowest BCUT2D eigenvalue weighted by Gasteiger charge is -2.29. The van der Waals surface area contributed by atoms with Gasteiger partial charge in [0.05, 0.1) is 0 Å². The Morgan fingerprint density at radius 3 is 2.88 bits per heavy atom. The molecule has 0 amide bonds. The van der Waals surface area contributed by atoms with Crippen LogP contribution in [0.2, 0.25) is 0 Å². The SMILES string of the molecule is CCN(c1ccc2c(c1)NCCC2)C(C)C. The van der Waals surface area contributed by atoms with Crippen LogP contribution in [0.5, 0.6) is 0 Å². The van der Waals surface area contributed by atoms with Gasteiger partial charge in [0.2, 0.25) is 0 Å². The van der Waals surface area contributed by atoms with Crippen molar-refractivity contribution in [1.82, 2.24) is 0 Å². The fourth-order valence-electron chi connectivity index (χ4n) is 2.47. The van der Waals surface area contributed by atoms with E-state index in [0.717, 1.165) is 13.1 Å². The molecule has 1 aliphatic rings. The minimum Gasteiger partial charge on any atom is -0.385 e. The monoisotopic (exact) mass is 218 g/mol. The molecule has 0 atom stereocenters. The Morgan fingerprint density at radius 2 is 2.19 bits per heavy atom. The summed E-state index contributed by atoms with van der Waals surface area (Å²) in [5, 5.41) is 3.49. The largest absolute Gasteiger partial charge is 0.385 e. The van der Waals surface area contributed by atoms with E-state index in [9.17, 15) is 0 Å². The summed E-state index contributed by atoms with van der Waals surface area (Å²) in [5.41, 5.74) is 4.14. The van der Waals surface area contributed by atoms with Crippen LogP contribution in [-0.2, 0) is 6.42 Å². The third-order valence-corrected chi connectivity index (χ3v) is 3.33. The van der Waals surface area contributed by atoms with Crippen molar-refractivity contribution in [2.75, 3.05) is 23.3 Å². The van der Waals surface area contributed by atoms with Crippen molar-refractivity contribution in [3.8, 4) is 0 Å². The van der Waals surface area contributed by atoms with E-state index in [-0.39, 0.29) is 0 Å². The van der Waals surface area contributed by atoms with Gasteiger partial charge in [-0.05, 0) is 51.3 Å². The molecule has 0 spiro atoms. The number of anilines is 2. The minimum absolute atomic E-state index is 0.562. The molecule has 0 bridgehead atoms. The minimum atomic E-state index is 0.562. The Labute approximate surface area is 98.7 Å². The number of rotatable bonds is 3. The Hall–Kier alpha value is -1.18. The van der Waals surface area contributed by atoms with Gasteiger partial charge in [0, 0.05) is 30.5 Å². The second-order valence-electron chi connectivity index (χ2n) is 4.75. The van der Waals surface area contributed by atoms with Crippen molar-refractivity contribution >= 4 is 11.4 Å². The molecule has 16 heavy (non-hydrogen) atoms. The first-order valence-corrected chi connectivity index (χ1v) is 6.35. The van der Waals surface area contributed by atoms with Crippen LogP contribution in [-0.4, -0.2) is 19.1 Å². The van der Waals surface area contributed by atoms with Crippen LogP contribution in [0.15, 0.2) is 18.2 Å². The molecule has 0 saturated carbocycles. The number of hydrogen-bond acceptors (Lipinski definition) is 2. The lowest BCUT2D eigenvalue weighted by atomic mass is 10.0. The third-order valence-electron chi connectivity index (χ3n) is 3.33. The average molecular weight is 218 g/mol. The van der Waals surface area contributed by atoms with E-state index in [0.29, 0.717) is 6.04 Å². The number of nitrogens with one attached hydrogen (secondary N) is 1. The van der Waals surface area contributed by atoms with Gasteiger partial charge in [0.1, 0.15) is 0 Å². The zero-order valence-corrected chi connectivity index (χ0v) is 10.6. The Bertz CT molecular complexity index is 358. The van der Waals surface area contributed by atoms with E-state index in [2.05, 4.69) is 49.2 Å². The topological polar surface area (TPSA) is 15.3 Å². The molecule has 1 aromatic rings. The first-order chi connectivity index (χ1) is 7.72. The molecular weight excluding hydrogens is 196 g/mol. The number of nitrogens with zero attached hydrogens (tertiary/aromatic N) is 1. The fraction of sp³-hybridized carbons (Fsp3) is 0.571. The van der Waals surface area contributed by atoms with Gasteiger partial charge in [-0.15, -0.1) is 0 Å². The number of hydrogen-bond donors (Lipinski definition) is 1. The quantitative estimate of drug-likeness (QED) is 0.837. The molecule has 2 heteroatoms. The molecule has 1 heterocycles. The van der Waals surface area contributed by atoms with Crippen molar-refractivity contribution in [3.63, 3.8) is 0 Å². The zero-order chi connectivity index (χ0) is 11.5. The molecular formula is C14H22N2. The molecule has 0 aliphatic carbocycles. The predicted molar refractivity (Wildman–Crippen MR) is 71.4 cm³/mol. The normalized spacial score (nSPS) is 14.5. The summed E-state index contributed by atoms with van der Waals surface area (Å²) < 4.78 is 0. The average Bonchev–Trinajstić information content (AvgIpc) is 2.29. The van der Waals surface area contributed by atoms with E-state index in [4.69, 9.17) is 0 Å². The Morgan fingerprint density at radius 1 is 1.38 bits per heavy atom. The van der Waals surface area contributed by atoms with Crippen LogP contribution in [0.25, 0.3) is 0 Å². The van der Waals surface area contributed by atoms with Gasteiger partial charge < -0.3 is 10.2 Å². The lowest BCUT2D eigenvalue weighted by molar-refractivity contribution is 0.703. The molecule has 1 aliphatic heterocycles. The third kappa shape index (κ3) is 2.16. The summed E-state index contributed by atoms with van der Waals surface area (Å²) in [5.74, 6) is 0. The highest BCUT2D eigenvalue weighted by Gasteiger charge is 2.12. The van der Waals surface area contributed by atoms with Crippen LogP contribution in [0.1, 0.15) is 32.8 Å². The van der Waals surface area contributed by atoms with Crippen molar-refractivity contribution in [1.29, 1.82) is 0 Å². The van der Waals surface area contributed by atoms with Crippen molar-refractivity contribution in [3.05, 3.63) is 23.8 Å². The molecule has 0 unspecified atom stereocenters. The second-order valence-corrected chi connectivity index (χ2v) is 4.75. The summed E-state index contributed by atoms with van der Waals surface area (Å²) >= 11 is 0. The van der Waals surface area contributed by atoms with Crippen molar-refractivity contribution < 1.29 is 0 Å². The van der Waals surface area contributed by atoms with E-state index < -0.39 is 0 Å². The van der Waals surface area contributed by atoms with Crippen LogP contribution >= 0.6 is 0 Å². The first kappa shape index (κ1) is 11.3. The van der Waals surface area contributed by atoms with Gasteiger partial charge in [0.15, 0.2) is 0 Å². The molecule has 1 aromatic carbocycles. The highest BCUT2D eigenvalue weighted by molar-refractivity contribution is 5.63. The summed E-state index contributed by atoms with van der Waals surface area (Å²) in [4.78, 5) is 2.43. The molecule has 88 valence electrons. The Balaban J connectivity index is 2.28. The summed E-state index contributed by atoms with van der Waals surface area (Å²) in [6, 6.07) is 7.40. The van der Waals surface area contributed by atoms with Gasteiger partial charge in [-0.3, -0.25) is 0 Å². The van der Waals surface area contributed by atoms with Crippen molar-refractivity contribution in [2.24, 2.45) is 0 Å². The molecule has 0 fully saturated rings. The molecule has 0 aromatic heterocycles. The van der Waals surface area contributed by atoms with Gasteiger partial charge >= 0.3 is 0 Å². The van der Waals surface area contributed by atoms with Crippen LogP contribution in [0, 0.1) is 0 Å². The molecule has 0 radical (unpaired) electrons. The van der Waals surface area contributed by atoms with E-state index in [1.54, 1.807) is 0 Å². The summed E-state index contributed by atoms with van der Waals surface area (Å²) in [7, 11) is 0. The van der Waals surface area contributed by atoms with Gasteiger partial charge in [-0.25, -0.2) is 0 Å². The van der Waals surface area contributed by atoms with Crippen LogP contribution < -0.4 is 10.2 Å². The fourth-order valence-corrected chi connectivity index (χ4v) is 2.47. The maximum atomic E-state index is 3.49. The van der Waals surface area contributed by atoms with E-state index >= 15 is 0 Å². The van der Waals surface area contributed by atoms with Gasteiger partial charge in [-0.1, -0.05) is 6.07 Å².